The van der Waals surface area contributed by atoms with Crippen LogP contribution in [0.25, 0.3) is 0 Å². The Bertz CT molecular complexity index is 1310. The molecule has 0 heterocycles. The van der Waals surface area contributed by atoms with Gasteiger partial charge < -0.3 is 10.0 Å². The Morgan fingerprint density at radius 3 is 2.15 bits per heavy atom. The predicted octanol–water partition coefficient (Wildman–Crippen LogP) is 9.63. The molecule has 11 heteroatoms. The Kier molecular flexibility index (Phi) is 10.1. The lowest BCUT2D eigenvalue weighted by atomic mass is 9.50. The van der Waals surface area contributed by atoms with E-state index in [1.54, 1.807) is 6.07 Å². The summed E-state index contributed by atoms with van der Waals surface area (Å²) < 4.78 is 90.5. The van der Waals surface area contributed by atoms with Crippen LogP contribution in [0.15, 0.2) is 18.2 Å². The molecule has 0 saturated heterocycles. The van der Waals surface area contributed by atoms with Gasteiger partial charge in [-0.3, -0.25) is 9.59 Å². The van der Waals surface area contributed by atoms with E-state index >= 15 is 0 Å². The molecule has 0 bridgehead atoms. The molecule has 3 saturated carbocycles. The zero-order valence-electron chi connectivity index (χ0n) is 27.4. The molecular weight excluding hydrogens is 627 g/mol. The van der Waals surface area contributed by atoms with Crippen LogP contribution in [0.4, 0.5) is 30.7 Å². The van der Waals surface area contributed by atoms with E-state index in [1.165, 1.54) is 11.1 Å². The summed E-state index contributed by atoms with van der Waals surface area (Å²) in [6.07, 6.45) is 7.34. The van der Waals surface area contributed by atoms with Crippen molar-refractivity contribution in [3.63, 3.8) is 0 Å². The molecule has 1 aromatic carbocycles. The van der Waals surface area contributed by atoms with Gasteiger partial charge in [0.25, 0.3) is 0 Å². The zero-order chi connectivity index (χ0) is 34.4. The Labute approximate surface area is 272 Å². The van der Waals surface area contributed by atoms with Crippen LogP contribution in [0.3, 0.4) is 0 Å². The van der Waals surface area contributed by atoms with E-state index in [0.717, 1.165) is 84.1 Å². The minimum Gasteiger partial charge on any atom is -0.508 e. The number of benzene rings is 1. The first kappa shape index (κ1) is 36.0. The maximum Gasteiger partial charge on any atom is 0.459 e. The SMILES string of the molecule is CN(CC(F)(F)C(F)(F)C(F)(F)F)C(=O)CCCCCCCCCC[C@@H]1Cc2cc(O)ccc2C2CC[C@@]3(C)C(CC(=O)C34CC4)C21. The molecule has 4 aliphatic carbocycles. The van der Waals surface area contributed by atoms with Crippen molar-refractivity contribution in [2.45, 2.75) is 134 Å². The number of carbonyl (C=O) groups excluding carboxylic acids is 2. The highest BCUT2D eigenvalue weighted by atomic mass is 19.4. The molecule has 0 radical (unpaired) electrons. The third-order valence-electron chi connectivity index (χ3n) is 12.4. The number of hydrogen-bond acceptors (Lipinski definition) is 3. The minimum atomic E-state index is -6.41. The number of rotatable bonds is 14. The first-order valence-electron chi connectivity index (χ1n) is 17.4. The average Bonchev–Trinajstić information content (AvgIpc) is 3.77. The van der Waals surface area contributed by atoms with Crippen LogP contribution in [-0.4, -0.2) is 53.3 Å². The number of nitrogens with zero attached hydrogens (tertiary/aromatic N) is 1. The fourth-order valence-electron chi connectivity index (χ4n) is 9.67. The lowest BCUT2D eigenvalue weighted by molar-refractivity contribution is -0.355. The Morgan fingerprint density at radius 1 is 0.915 bits per heavy atom. The second-order valence-corrected chi connectivity index (χ2v) is 15.2. The summed E-state index contributed by atoms with van der Waals surface area (Å²) in [5.74, 6) is -9.91. The molecule has 1 spiro atoms. The summed E-state index contributed by atoms with van der Waals surface area (Å²) in [4.78, 5) is 25.6. The molecule has 0 aromatic heterocycles. The number of aromatic hydroxyl groups is 1. The first-order valence-corrected chi connectivity index (χ1v) is 17.4. The highest BCUT2D eigenvalue weighted by Gasteiger charge is 2.73. The summed E-state index contributed by atoms with van der Waals surface area (Å²) in [7, 11) is 0.808. The van der Waals surface area contributed by atoms with E-state index in [-0.39, 0.29) is 22.2 Å². The van der Waals surface area contributed by atoms with E-state index < -0.39 is 30.5 Å². The Balaban J connectivity index is 1.02. The summed E-state index contributed by atoms with van der Waals surface area (Å²) in [5, 5.41) is 10.2. The molecule has 3 fully saturated rings. The molecule has 4 nitrogen and oxygen atoms in total. The third kappa shape index (κ3) is 6.66. The van der Waals surface area contributed by atoms with Crippen molar-refractivity contribution in [3.05, 3.63) is 29.3 Å². The van der Waals surface area contributed by atoms with E-state index in [0.29, 0.717) is 54.5 Å². The molecule has 0 aliphatic heterocycles. The van der Waals surface area contributed by atoms with Gasteiger partial charge in [0.1, 0.15) is 11.5 Å². The predicted molar refractivity (Wildman–Crippen MR) is 163 cm³/mol. The Hall–Kier alpha value is -2.33. The smallest absolute Gasteiger partial charge is 0.459 e. The number of amides is 1. The molecular formula is C36H48F7NO3. The molecule has 1 N–H and O–H groups in total. The van der Waals surface area contributed by atoms with Gasteiger partial charge in [0, 0.05) is 25.3 Å². The lowest BCUT2D eigenvalue weighted by Gasteiger charge is -2.53. The van der Waals surface area contributed by atoms with Gasteiger partial charge in [-0.25, -0.2) is 0 Å². The fraction of sp³-hybridized carbons (Fsp3) is 0.778. The normalized spacial score (nSPS) is 28.1. The molecule has 5 atom stereocenters. The summed E-state index contributed by atoms with van der Waals surface area (Å²) in [6, 6.07) is 5.84. The first-order chi connectivity index (χ1) is 21.9. The van der Waals surface area contributed by atoms with Crippen LogP contribution in [0, 0.1) is 28.6 Å². The molecule has 264 valence electrons. The largest absolute Gasteiger partial charge is 0.508 e. The number of phenols is 1. The zero-order valence-corrected chi connectivity index (χ0v) is 27.4. The number of carbonyl (C=O) groups is 2. The summed E-state index contributed by atoms with van der Waals surface area (Å²) in [5.41, 5.74) is 2.65. The van der Waals surface area contributed by atoms with Crippen molar-refractivity contribution in [1.82, 2.24) is 4.90 Å². The van der Waals surface area contributed by atoms with Gasteiger partial charge >= 0.3 is 18.0 Å². The van der Waals surface area contributed by atoms with Gasteiger partial charge in [0.15, 0.2) is 0 Å². The van der Waals surface area contributed by atoms with Gasteiger partial charge in [0.2, 0.25) is 5.91 Å². The van der Waals surface area contributed by atoms with E-state index in [2.05, 4.69) is 13.0 Å². The monoisotopic (exact) mass is 675 g/mol. The minimum absolute atomic E-state index is 0.0747. The van der Waals surface area contributed by atoms with Crippen LogP contribution in [-0.2, 0) is 16.0 Å². The van der Waals surface area contributed by atoms with E-state index in [9.17, 15) is 45.4 Å². The maximum atomic E-state index is 13.6. The second kappa shape index (κ2) is 13.2. The van der Waals surface area contributed by atoms with Gasteiger partial charge in [-0.05, 0) is 97.3 Å². The van der Waals surface area contributed by atoms with Gasteiger partial charge in [-0.1, -0.05) is 57.9 Å². The van der Waals surface area contributed by atoms with Crippen LogP contribution in [0.5, 0.6) is 5.75 Å². The number of Topliss-reactive ketones (excluding diaryl/α,β-unsaturated/α-hetero) is 1. The van der Waals surface area contributed by atoms with Crippen LogP contribution < -0.4 is 0 Å². The van der Waals surface area contributed by atoms with Gasteiger partial charge in [-0.15, -0.1) is 0 Å². The van der Waals surface area contributed by atoms with Crippen molar-refractivity contribution in [1.29, 1.82) is 0 Å². The fourth-order valence-corrected chi connectivity index (χ4v) is 9.67. The standard InChI is InChI=1S/C36H48F7NO3/c1-32-16-15-27-26-14-13-25(45)20-24(26)19-23(31(27)28(32)21-29(46)33(32)17-18-33)11-9-7-5-3-4-6-8-10-12-30(47)44(2)22-34(37,38)35(39,40)36(41,42)43/h13-14,20,23,27-28,31,45H,3-12,15-19,21-22H2,1-2H3/t23-,27?,28?,31?,32+/m1/s1. The van der Waals surface area contributed by atoms with Crippen LogP contribution in [0.2, 0.25) is 0 Å². The van der Waals surface area contributed by atoms with Crippen molar-refractivity contribution in [2.75, 3.05) is 13.6 Å². The number of unbranched alkanes of at least 4 members (excludes halogenated alkanes) is 7. The topological polar surface area (TPSA) is 57.6 Å². The molecule has 1 amide bonds. The van der Waals surface area contributed by atoms with E-state index in [1.807, 2.05) is 6.07 Å². The molecule has 4 aliphatic rings. The molecule has 1 aromatic rings. The number of fused-ring (bicyclic) bond motifs is 6. The average molecular weight is 676 g/mol. The molecule has 47 heavy (non-hydrogen) atoms. The molecule has 3 unspecified atom stereocenters. The highest BCUT2D eigenvalue weighted by Crippen LogP contribution is 2.75. The third-order valence-corrected chi connectivity index (χ3v) is 12.4. The number of phenolic OH excluding ortho intramolecular Hbond substituents is 1. The van der Waals surface area contributed by atoms with Crippen molar-refractivity contribution in [3.8, 4) is 5.75 Å². The number of hydrogen-bond donors (Lipinski definition) is 1. The summed E-state index contributed by atoms with van der Waals surface area (Å²) >= 11 is 0. The van der Waals surface area contributed by atoms with Crippen molar-refractivity contribution >= 4 is 11.7 Å². The summed E-state index contributed by atoms with van der Waals surface area (Å²) in [6.45, 7) is 0.385. The molecule has 5 rings (SSSR count). The van der Waals surface area contributed by atoms with Gasteiger partial charge in [-0.2, -0.15) is 30.7 Å². The Morgan fingerprint density at radius 2 is 1.53 bits per heavy atom. The number of halogens is 7. The number of alkyl halides is 7. The van der Waals surface area contributed by atoms with Crippen molar-refractivity contribution < 1.29 is 45.4 Å². The van der Waals surface area contributed by atoms with Crippen LogP contribution >= 0.6 is 0 Å². The van der Waals surface area contributed by atoms with Gasteiger partial charge in [0.05, 0.1) is 6.54 Å². The maximum absolute atomic E-state index is 13.6. The van der Waals surface area contributed by atoms with E-state index in [4.69, 9.17) is 0 Å². The lowest BCUT2D eigenvalue weighted by Crippen LogP contribution is -2.57. The number of ketones is 1. The quantitative estimate of drug-likeness (QED) is 0.158. The second-order valence-electron chi connectivity index (χ2n) is 15.2. The van der Waals surface area contributed by atoms with Crippen LogP contribution in [0.1, 0.15) is 120 Å². The van der Waals surface area contributed by atoms with Crippen molar-refractivity contribution in [2.24, 2.45) is 28.6 Å². The highest BCUT2D eigenvalue weighted by molar-refractivity contribution is 5.91.